The molecule has 0 bridgehead atoms. The van der Waals surface area contributed by atoms with Crippen molar-refractivity contribution in [3.8, 4) is 0 Å². The van der Waals surface area contributed by atoms with Crippen molar-refractivity contribution in [2.75, 3.05) is 18.0 Å². The molecule has 1 atom stereocenters. The minimum atomic E-state index is -4.29. The predicted octanol–water partition coefficient (Wildman–Crippen LogP) is 2.17. The van der Waals surface area contributed by atoms with Crippen LogP contribution in [0, 0.1) is 0 Å². The summed E-state index contributed by atoms with van der Waals surface area (Å²) in [6.45, 7) is 1.36. The molecule has 94 valence electrons. The highest BCUT2D eigenvalue weighted by Gasteiger charge is 2.30. The molecule has 0 aliphatic carbocycles. The summed E-state index contributed by atoms with van der Waals surface area (Å²) in [6, 6.07) is 5.13. The fraction of sp³-hybridized carbons (Fsp3) is 0.455. The van der Waals surface area contributed by atoms with Crippen molar-refractivity contribution in [2.24, 2.45) is 5.90 Å². The summed E-state index contributed by atoms with van der Waals surface area (Å²) in [7, 11) is 0. The van der Waals surface area contributed by atoms with Crippen LogP contribution in [0.4, 0.5) is 18.9 Å². The zero-order chi connectivity index (χ0) is 12.5. The van der Waals surface area contributed by atoms with Crippen molar-refractivity contribution in [1.82, 2.24) is 0 Å². The zero-order valence-electron chi connectivity index (χ0n) is 9.07. The van der Waals surface area contributed by atoms with Crippen LogP contribution in [0.3, 0.4) is 0 Å². The van der Waals surface area contributed by atoms with Crippen molar-refractivity contribution < 1.29 is 18.0 Å². The number of rotatable bonds is 2. The number of nitrogens with two attached hydrogens (primary N) is 1. The summed E-state index contributed by atoms with van der Waals surface area (Å²) >= 11 is 0. The molecule has 2 N–H and O–H groups in total. The molecular formula is C11H13F3N2O. The first kappa shape index (κ1) is 12.2. The molecule has 1 heterocycles. The van der Waals surface area contributed by atoms with E-state index in [1.165, 1.54) is 12.1 Å². The molecule has 17 heavy (non-hydrogen) atoms. The van der Waals surface area contributed by atoms with Crippen LogP contribution in [-0.4, -0.2) is 19.2 Å². The Balaban J connectivity index is 2.09. The maximum absolute atomic E-state index is 12.4. The molecule has 0 saturated carbocycles. The lowest BCUT2D eigenvalue weighted by Crippen LogP contribution is -2.24. The van der Waals surface area contributed by atoms with Crippen LogP contribution in [0.25, 0.3) is 0 Å². The summed E-state index contributed by atoms with van der Waals surface area (Å²) in [5, 5.41) is 0. The Morgan fingerprint density at radius 1 is 1.24 bits per heavy atom. The molecule has 2 rings (SSSR count). The Kier molecular flexibility index (Phi) is 3.26. The van der Waals surface area contributed by atoms with Gasteiger partial charge in [0.2, 0.25) is 0 Å². The Bertz CT molecular complexity index is 377. The van der Waals surface area contributed by atoms with Crippen molar-refractivity contribution in [1.29, 1.82) is 0 Å². The number of anilines is 1. The van der Waals surface area contributed by atoms with Crippen LogP contribution in [0.5, 0.6) is 0 Å². The smallest absolute Gasteiger partial charge is 0.369 e. The van der Waals surface area contributed by atoms with Gasteiger partial charge in [-0.2, -0.15) is 13.2 Å². The highest BCUT2D eigenvalue weighted by Crippen LogP contribution is 2.31. The second kappa shape index (κ2) is 4.54. The van der Waals surface area contributed by atoms with Crippen LogP contribution in [-0.2, 0) is 11.0 Å². The third kappa shape index (κ3) is 2.70. The van der Waals surface area contributed by atoms with Crippen molar-refractivity contribution in [3.63, 3.8) is 0 Å². The van der Waals surface area contributed by atoms with Gasteiger partial charge < -0.3 is 4.90 Å². The minimum Gasteiger partial charge on any atom is -0.369 e. The Hall–Kier alpha value is -1.27. The standard InChI is InChI=1S/C11H13F3N2O/c12-11(13,14)8-1-3-9(4-2-8)16-6-5-10(7-16)17-15/h1-4,10H,5-7,15H2. The molecular weight excluding hydrogens is 233 g/mol. The number of benzene rings is 1. The fourth-order valence-electron chi connectivity index (χ4n) is 1.94. The second-order valence-electron chi connectivity index (χ2n) is 4.04. The summed E-state index contributed by atoms with van der Waals surface area (Å²) in [6.07, 6.45) is -3.54. The molecule has 1 fully saturated rings. The minimum absolute atomic E-state index is 0.0442. The van der Waals surface area contributed by atoms with E-state index in [1.54, 1.807) is 0 Å². The maximum atomic E-state index is 12.4. The zero-order valence-corrected chi connectivity index (χ0v) is 9.07. The van der Waals surface area contributed by atoms with E-state index < -0.39 is 11.7 Å². The van der Waals surface area contributed by atoms with Gasteiger partial charge in [0.25, 0.3) is 0 Å². The fourth-order valence-corrected chi connectivity index (χ4v) is 1.94. The van der Waals surface area contributed by atoms with Crippen LogP contribution >= 0.6 is 0 Å². The van der Waals surface area contributed by atoms with E-state index in [2.05, 4.69) is 0 Å². The van der Waals surface area contributed by atoms with Gasteiger partial charge in [-0.05, 0) is 30.7 Å². The van der Waals surface area contributed by atoms with Gasteiger partial charge >= 0.3 is 6.18 Å². The summed E-state index contributed by atoms with van der Waals surface area (Å²) in [4.78, 5) is 6.68. The molecule has 1 unspecified atom stereocenters. The Labute approximate surface area is 96.9 Å². The van der Waals surface area contributed by atoms with Crippen molar-refractivity contribution >= 4 is 5.69 Å². The normalized spacial score (nSPS) is 20.9. The van der Waals surface area contributed by atoms with Crippen LogP contribution < -0.4 is 10.8 Å². The van der Waals surface area contributed by atoms with Crippen LogP contribution in [0.1, 0.15) is 12.0 Å². The van der Waals surface area contributed by atoms with E-state index in [4.69, 9.17) is 10.7 Å². The van der Waals surface area contributed by atoms with E-state index in [9.17, 15) is 13.2 Å². The number of hydrogen-bond donors (Lipinski definition) is 1. The van der Waals surface area contributed by atoms with Crippen LogP contribution in [0.15, 0.2) is 24.3 Å². The molecule has 3 nitrogen and oxygen atoms in total. The first-order valence-corrected chi connectivity index (χ1v) is 5.28. The van der Waals surface area contributed by atoms with Gasteiger partial charge in [-0.1, -0.05) is 0 Å². The topological polar surface area (TPSA) is 38.5 Å². The molecule has 6 heteroatoms. The summed E-state index contributed by atoms with van der Waals surface area (Å²) in [5.41, 5.74) is 0.129. The summed E-state index contributed by atoms with van der Waals surface area (Å²) in [5.74, 6) is 5.08. The Morgan fingerprint density at radius 3 is 2.35 bits per heavy atom. The SMILES string of the molecule is NOC1CCN(c2ccc(C(F)(F)F)cc2)C1. The molecule has 1 saturated heterocycles. The molecule has 0 radical (unpaired) electrons. The van der Waals surface area contributed by atoms with E-state index >= 15 is 0 Å². The molecule has 0 aromatic heterocycles. The molecule has 1 aliphatic heterocycles. The van der Waals surface area contributed by atoms with Gasteiger partial charge in [0.05, 0.1) is 11.7 Å². The van der Waals surface area contributed by atoms with Gasteiger partial charge in [-0.15, -0.1) is 0 Å². The van der Waals surface area contributed by atoms with Gasteiger partial charge in [0.15, 0.2) is 0 Å². The molecule has 1 aromatic rings. The number of hydrogen-bond acceptors (Lipinski definition) is 3. The average Bonchev–Trinajstić information content (AvgIpc) is 2.76. The van der Waals surface area contributed by atoms with Crippen molar-refractivity contribution in [2.45, 2.75) is 18.7 Å². The first-order valence-electron chi connectivity index (χ1n) is 5.28. The number of nitrogens with zero attached hydrogens (tertiary/aromatic N) is 1. The molecule has 1 aromatic carbocycles. The highest BCUT2D eigenvalue weighted by molar-refractivity contribution is 5.49. The van der Waals surface area contributed by atoms with E-state index in [0.717, 1.165) is 30.8 Å². The number of halogens is 3. The van der Waals surface area contributed by atoms with E-state index in [1.807, 2.05) is 4.90 Å². The monoisotopic (exact) mass is 246 g/mol. The lowest BCUT2D eigenvalue weighted by Gasteiger charge is -2.18. The van der Waals surface area contributed by atoms with Gasteiger partial charge in [0, 0.05) is 18.8 Å². The quantitative estimate of drug-likeness (QED) is 0.813. The highest BCUT2D eigenvalue weighted by atomic mass is 19.4. The predicted molar refractivity (Wildman–Crippen MR) is 57.3 cm³/mol. The lowest BCUT2D eigenvalue weighted by molar-refractivity contribution is -0.137. The third-order valence-corrected chi connectivity index (χ3v) is 2.90. The lowest BCUT2D eigenvalue weighted by atomic mass is 10.2. The van der Waals surface area contributed by atoms with Gasteiger partial charge in [-0.25, -0.2) is 5.90 Å². The van der Waals surface area contributed by atoms with Crippen molar-refractivity contribution in [3.05, 3.63) is 29.8 Å². The van der Waals surface area contributed by atoms with E-state index in [-0.39, 0.29) is 6.10 Å². The average molecular weight is 246 g/mol. The largest absolute Gasteiger partial charge is 0.416 e. The van der Waals surface area contributed by atoms with Crippen LogP contribution in [0.2, 0.25) is 0 Å². The molecule has 0 amide bonds. The van der Waals surface area contributed by atoms with Gasteiger partial charge in [0.1, 0.15) is 0 Å². The maximum Gasteiger partial charge on any atom is 0.416 e. The Morgan fingerprint density at radius 2 is 1.88 bits per heavy atom. The second-order valence-corrected chi connectivity index (χ2v) is 4.04. The molecule has 0 spiro atoms. The number of alkyl halides is 3. The summed E-state index contributed by atoms with van der Waals surface area (Å²) < 4.78 is 37.1. The van der Waals surface area contributed by atoms with E-state index in [0.29, 0.717) is 6.54 Å². The molecule has 1 aliphatic rings. The van der Waals surface area contributed by atoms with Gasteiger partial charge in [-0.3, -0.25) is 4.84 Å². The first-order chi connectivity index (χ1) is 8.00. The third-order valence-electron chi connectivity index (χ3n) is 2.90.